The van der Waals surface area contributed by atoms with Crippen molar-refractivity contribution in [1.82, 2.24) is 4.72 Å². The highest BCUT2D eigenvalue weighted by Gasteiger charge is 2.14. The van der Waals surface area contributed by atoms with Gasteiger partial charge in [-0.2, -0.15) is 5.26 Å². The van der Waals surface area contributed by atoms with Crippen LogP contribution in [0.3, 0.4) is 0 Å². The average molecular weight is 267 g/mol. The van der Waals surface area contributed by atoms with Crippen LogP contribution in [0.2, 0.25) is 0 Å². The molecule has 0 unspecified atom stereocenters. The number of amides is 1. The Hall–Kier alpha value is -1.91. The first-order chi connectivity index (χ1) is 8.36. The summed E-state index contributed by atoms with van der Waals surface area (Å²) in [5.41, 5.74) is 5.91. The normalized spacial score (nSPS) is 10.9. The number of rotatable bonds is 5. The van der Waals surface area contributed by atoms with Crippen LogP contribution in [0.1, 0.15) is 17.5 Å². The Morgan fingerprint density at radius 1 is 1.50 bits per heavy atom. The first-order valence-corrected chi connectivity index (χ1v) is 6.64. The lowest BCUT2D eigenvalue weighted by Crippen LogP contribution is -2.28. The number of sulfonamides is 1. The van der Waals surface area contributed by atoms with Crippen LogP contribution in [0, 0.1) is 18.3 Å². The topological polar surface area (TPSA) is 113 Å². The van der Waals surface area contributed by atoms with E-state index in [-0.39, 0.29) is 17.9 Å². The van der Waals surface area contributed by atoms with E-state index in [4.69, 9.17) is 11.0 Å². The number of carbonyl (C=O) groups is 1. The maximum Gasteiger partial charge on any atom is 0.240 e. The van der Waals surface area contributed by atoms with Crippen molar-refractivity contribution in [2.75, 3.05) is 6.54 Å². The number of aryl methyl sites for hydroxylation is 1. The summed E-state index contributed by atoms with van der Waals surface area (Å²) >= 11 is 0. The van der Waals surface area contributed by atoms with Crippen molar-refractivity contribution in [1.29, 1.82) is 5.26 Å². The van der Waals surface area contributed by atoms with E-state index in [1.807, 2.05) is 6.07 Å². The number of nitriles is 1. The van der Waals surface area contributed by atoms with E-state index in [1.54, 1.807) is 6.92 Å². The standard InChI is InChI=1S/C11H13N3O3S/c1-8-6-10(3-2-9(8)7-12)18(16,17)14-5-4-11(13)15/h2-3,6,14H,4-5H2,1H3,(H2,13,15). The van der Waals surface area contributed by atoms with Crippen molar-refractivity contribution in [3.8, 4) is 6.07 Å². The molecular weight excluding hydrogens is 254 g/mol. The van der Waals surface area contributed by atoms with Crippen molar-refractivity contribution in [2.45, 2.75) is 18.2 Å². The average Bonchev–Trinajstić information content (AvgIpc) is 2.28. The largest absolute Gasteiger partial charge is 0.370 e. The Bertz CT molecular complexity index is 602. The fourth-order valence-electron chi connectivity index (χ4n) is 1.32. The summed E-state index contributed by atoms with van der Waals surface area (Å²) < 4.78 is 25.9. The van der Waals surface area contributed by atoms with E-state index in [0.717, 1.165) is 0 Å². The molecule has 0 bridgehead atoms. The van der Waals surface area contributed by atoms with Crippen molar-refractivity contribution in [3.05, 3.63) is 29.3 Å². The molecule has 0 heterocycles. The molecule has 0 fully saturated rings. The zero-order valence-corrected chi connectivity index (χ0v) is 10.6. The smallest absolute Gasteiger partial charge is 0.240 e. The van der Waals surface area contributed by atoms with Crippen LogP contribution in [0.25, 0.3) is 0 Å². The van der Waals surface area contributed by atoms with Gasteiger partial charge in [0.15, 0.2) is 0 Å². The molecule has 0 aliphatic carbocycles. The fourth-order valence-corrected chi connectivity index (χ4v) is 2.44. The van der Waals surface area contributed by atoms with Gasteiger partial charge < -0.3 is 5.73 Å². The number of carbonyl (C=O) groups excluding carboxylic acids is 1. The lowest BCUT2D eigenvalue weighted by Gasteiger charge is -2.07. The molecule has 0 atom stereocenters. The second-order valence-electron chi connectivity index (χ2n) is 3.70. The van der Waals surface area contributed by atoms with E-state index in [0.29, 0.717) is 11.1 Å². The van der Waals surface area contributed by atoms with Crippen molar-refractivity contribution in [2.24, 2.45) is 5.73 Å². The third-order valence-corrected chi connectivity index (χ3v) is 3.75. The molecule has 1 amide bonds. The summed E-state index contributed by atoms with van der Waals surface area (Å²) in [6.45, 7) is 1.61. The number of hydrogen-bond donors (Lipinski definition) is 2. The summed E-state index contributed by atoms with van der Waals surface area (Å²) in [6, 6.07) is 6.15. The lowest BCUT2D eigenvalue weighted by molar-refractivity contribution is -0.117. The maximum absolute atomic E-state index is 11.8. The van der Waals surface area contributed by atoms with Gasteiger partial charge >= 0.3 is 0 Å². The van der Waals surface area contributed by atoms with Crippen LogP contribution in [-0.2, 0) is 14.8 Å². The minimum Gasteiger partial charge on any atom is -0.370 e. The zero-order valence-electron chi connectivity index (χ0n) is 9.80. The van der Waals surface area contributed by atoms with Crippen LogP contribution in [0.15, 0.2) is 23.1 Å². The highest BCUT2D eigenvalue weighted by Crippen LogP contribution is 2.14. The fraction of sp³-hybridized carbons (Fsp3) is 0.273. The van der Waals surface area contributed by atoms with Crippen LogP contribution in [-0.4, -0.2) is 20.9 Å². The molecule has 0 aliphatic rings. The molecular formula is C11H13N3O3S. The second-order valence-corrected chi connectivity index (χ2v) is 5.47. The molecule has 1 aromatic carbocycles. The Morgan fingerprint density at radius 3 is 2.67 bits per heavy atom. The predicted octanol–water partition coefficient (Wildman–Crippen LogP) is 0.0204. The Kier molecular flexibility index (Phi) is 4.42. The molecule has 0 aromatic heterocycles. The molecule has 6 nitrogen and oxygen atoms in total. The first-order valence-electron chi connectivity index (χ1n) is 5.15. The van der Waals surface area contributed by atoms with Gasteiger partial charge in [-0.15, -0.1) is 0 Å². The summed E-state index contributed by atoms with van der Waals surface area (Å²) in [6.07, 6.45) is -0.0610. The number of nitrogens with two attached hydrogens (primary N) is 1. The monoisotopic (exact) mass is 267 g/mol. The van der Waals surface area contributed by atoms with Crippen LogP contribution in [0.5, 0.6) is 0 Å². The van der Waals surface area contributed by atoms with Gasteiger partial charge in [0, 0.05) is 13.0 Å². The molecule has 0 spiro atoms. The van der Waals surface area contributed by atoms with E-state index in [9.17, 15) is 13.2 Å². The van der Waals surface area contributed by atoms with Crippen LogP contribution >= 0.6 is 0 Å². The van der Waals surface area contributed by atoms with Gasteiger partial charge in [-0.1, -0.05) is 0 Å². The summed E-state index contributed by atoms with van der Waals surface area (Å²) in [4.78, 5) is 10.6. The Morgan fingerprint density at radius 2 is 2.17 bits per heavy atom. The van der Waals surface area contributed by atoms with Crippen LogP contribution in [0.4, 0.5) is 0 Å². The van der Waals surface area contributed by atoms with Crippen molar-refractivity contribution >= 4 is 15.9 Å². The SMILES string of the molecule is Cc1cc(S(=O)(=O)NCCC(N)=O)ccc1C#N. The number of hydrogen-bond acceptors (Lipinski definition) is 4. The van der Waals surface area contributed by atoms with Gasteiger partial charge in [0.25, 0.3) is 0 Å². The Balaban J connectivity index is 2.89. The van der Waals surface area contributed by atoms with Gasteiger partial charge in [-0.05, 0) is 30.7 Å². The minimum atomic E-state index is -3.67. The first kappa shape index (κ1) is 14.2. The molecule has 0 aliphatic heterocycles. The minimum absolute atomic E-state index is 0.0449. The number of benzene rings is 1. The summed E-state index contributed by atoms with van der Waals surface area (Å²) in [7, 11) is -3.67. The quantitative estimate of drug-likeness (QED) is 0.782. The van der Waals surface area contributed by atoms with Gasteiger partial charge in [0.2, 0.25) is 15.9 Å². The number of nitrogens with one attached hydrogen (secondary N) is 1. The van der Waals surface area contributed by atoms with E-state index < -0.39 is 15.9 Å². The molecule has 1 rings (SSSR count). The number of nitrogens with zero attached hydrogens (tertiary/aromatic N) is 1. The van der Waals surface area contributed by atoms with Gasteiger partial charge in [0.05, 0.1) is 16.5 Å². The number of primary amides is 1. The molecule has 7 heteroatoms. The molecule has 0 radical (unpaired) electrons. The zero-order chi connectivity index (χ0) is 13.8. The van der Waals surface area contributed by atoms with Crippen molar-refractivity contribution in [3.63, 3.8) is 0 Å². The summed E-state index contributed by atoms with van der Waals surface area (Å²) in [5.74, 6) is -0.575. The van der Waals surface area contributed by atoms with E-state index in [1.165, 1.54) is 18.2 Å². The predicted molar refractivity (Wildman–Crippen MR) is 64.9 cm³/mol. The molecule has 1 aromatic rings. The van der Waals surface area contributed by atoms with E-state index >= 15 is 0 Å². The van der Waals surface area contributed by atoms with E-state index in [2.05, 4.69) is 4.72 Å². The van der Waals surface area contributed by atoms with Crippen molar-refractivity contribution < 1.29 is 13.2 Å². The van der Waals surface area contributed by atoms with Gasteiger partial charge in [-0.3, -0.25) is 4.79 Å². The molecule has 0 saturated carbocycles. The molecule has 3 N–H and O–H groups in total. The van der Waals surface area contributed by atoms with Crippen LogP contribution < -0.4 is 10.5 Å². The third-order valence-electron chi connectivity index (χ3n) is 2.29. The lowest BCUT2D eigenvalue weighted by atomic mass is 10.1. The highest BCUT2D eigenvalue weighted by atomic mass is 32.2. The maximum atomic E-state index is 11.8. The van der Waals surface area contributed by atoms with Gasteiger partial charge in [0.1, 0.15) is 0 Å². The third kappa shape index (κ3) is 3.55. The summed E-state index contributed by atoms with van der Waals surface area (Å²) in [5, 5.41) is 8.75. The Labute approximate surface area is 105 Å². The molecule has 96 valence electrons. The molecule has 0 saturated heterocycles. The van der Waals surface area contributed by atoms with Gasteiger partial charge in [-0.25, -0.2) is 13.1 Å². The second kappa shape index (κ2) is 5.62. The molecule has 18 heavy (non-hydrogen) atoms. The highest BCUT2D eigenvalue weighted by molar-refractivity contribution is 7.89.